The van der Waals surface area contributed by atoms with Crippen LogP contribution >= 0.6 is 31.9 Å². The predicted octanol–water partition coefficient (Wildman–Crippen LogP) is 11.3. The molecular weight excluding hydrogens is 1320 g/mol. The van der Waals surface area contributed by atoms with E-state index in [0.717, 1.165) is 95.6 Å². The van der Waals surface area contributed by atoms with Crippen molar-refractivity contribution in [2.75, 3.05) is 19.6 Å². The van der Waals surface area contributed by atoms with E-state index < -0.39 is 73.2 Å². The van der Waals surface area contributed by atoms with Crippen LogP contribution in [0.25, 0.3) is 0 Å². The number of carbonyl (C=O) groups excluding carboxylic acids is 2. The topological polar surface area (TPSA) is 250 Å². The number of hydrogen-bond donors (Lipinski definition) is 4. The summed E-state index contributed by atoms with van der Waals surface area (Å²) in [6.07, 6.45) is 6.13. The first kappa shape index (κ1) is 74.0. The molecule has 2 aliphatic rings. The first-order chi connectivity index (χ1) is 40.8. The van der Waals surface area contributed by atoms with Crippen LogP contribution in [0.5, 0.6) is 0 Å². The fraction of sp³-hybridized carbons (Fsp3) is 0.371. The zero-order chi connectivity index (χ0) is 64.8. The number of sulfonamides is 3. The van der Waals surface area contributed by atoms with Gasteiger partial charge in [0.15, 0.2) is 0 Å². The van der Waals surface area contributed by atoms with Gasteiger partial charge in [0.2, 0.25) is 30.1 Å². The quantitative estimate of drug-likeness (QED) is 0.0412. The number of nitrogens with zero attached hydrogens (tertiary/aromatic N) is 3. The van der Waals surface area contributed by atoms with Crippen molar-refractivity contribution >= 4 is 86.6 Å². The molecule has 16 nitrogen and oxygen atoms in total. The van der Waals surface area contributed by atoms with Crippen molar-refractivity contribution in [3.05, 3.63) is 194 Å². The predicted molar refractivity (Wildman–Crippen MR) is 338 cm³/mol. The molecule has 472 valence electrons. The molecule has 0 spiro atoms. The lowest BCUT2D eigenvalue weighted by Gasteiger charge is -2.25. The maximum atomic E-state index is 13.1. The Morgan fingerprint density at radius 2 is 0.851 bits per heavy atom. The Balaban J connectivity index is 0.000000252. The van der Waals surface area contributed by atoms with Crippen LogP contribution in [-0.4, -0.2) is 116 Å². The molecule has 0 atom stereocenters. The van der Waals surface area contributed by atoms with Gasteiger partial charge in [0.25, 0.3) is 0 Å². The van der Waals surface area contributed by atoms with E-state index in [1.807, 2.05) is 60.7 Å². The second-order valence-corrected chi connectivity index (χ2v) is 29.0. The molecule has 0 unspecified atom stereocenters. The third-order valence-electron chi connectivity index (χ3n) is 13.4. The highest BCUT2D eigenvalue weighted by Gasteiger charge is 2.34. The fourth-order valence-corrected chi connectivity index (χ4v) is 14.0. The zero-order valence-electron chi connectivity index (χ0n) is 49.4. The van der Waals surface area contributed by atoms with Crippen LogP contribution < -0.4 is 5.73 Å². The number of halogens is 5. The largest absolute Gasteiger partial charge is 0.480 e. The molecule has 87 heavy (non-hydrogen) atoms. The average molecular weight is 1390 g/mol. The highest BCUT2D eigenvalue weighted by Crippen LogP contribution is 2.40. The van der Waals surface area contributed by atoms with E-state index in [9.17, 15) is 52.8 Å². The summed E-state index contributed by atoms with van der Waals surface area (Å²) < 4.78 is 120. The van der Waals surface area contributed by atoms with E-state index in [4.69, 9.17) is 20.9 Å². The third-order valence-corrected chi connectivity index (χ3v) is 20.5. The molecule has 5 N–H and O–H groups in total. The summed E-state index contributed by atoms with van der Waals surface area (Å²) in [6.45, 7) is 9.63. The first-order valence-corrected chi connectivity index (χ1v) is 34.0. The minimum Gasteiger partial charge on any atom is -0.480 e. The number of benzene rings is 6. The van der Waals surface area contributed by atoms with Gasteiger partial charge in [-0.25, -0.2) is 38.4 Å². The molecule has 0 bridgehead atoms. The Labute approximate surface area is 527 Å². The van der Waals surface area contributed by atoms with Crippen molar-refractivity contribution in [3.63, 3.8) is 0 Å². The molecule has 2 fully saturated rings. The van der Waals surface area contributed by atoms with Crippen molar-refractivity contribution in [2.24, 2.45) is 5.73 Å². The Kier molecular flexibility index (Phi) is 29.8. The molecule has 6 aromatic carbocycles. The van der Waals surface area contributed by atoms with Gasteiger partial charge in [0.1, 0.15) is 35.6 Å². The highest BCUT2D eigenvalue weighted by atomic mass is 79.9. The van der Waals surface area contributed by atoms with Crippen molar-refractivity contribution in [1.82, 2.24) is 12.9 Å². The van der Waals surface area contributed by atoms with Crippen LogP contribution in [0.15, 0.2) is 169 Å². The van der Waals surface area contributed by atoms with Crippen LogP contribution in [0.1, 0.15) is 108 Å². The van der Waals surface area contributed by atoms with Gasteiger partial charge >= 0.3 is 13.1 Å². The van der Waals surface area contributed by atoms with Crippen LogP contribution in [0, 0.1) is 17.5 Å². The van der Waals surface area contributed by atoms with Crippen LogP contribution in [-0.2, 0) is 63.8 Å². The molecule has 0 amide bonds. The van der Waals surface area contributed by atoms with Crippen LogP contribution in [0.2, 0.25) is 5.82 Å². The summed E-state index contributed by atoms with van der Waals surface area (Å²) in [5.41, 5.74) is 9.99. The molecule has 2 saturated carbocycles. The molecule has 0 aliphatic heterocycles. The smallest absolute Gasteiger partial charge is 0.454 e. The third kappa shape index (κ3) is 25.2. The Morgan fingerprint density at radius 1 is 0.517 bits per heavy atom. The number of carboxylic acids is 1. The molecule has 0 aromatic heterocycles. The van der Waals surface area contributed by atoms with Crippen LogP contribution in [0.3, 0.4) is 0 Å². The SMILES string of the molecule is CC(C)N(CC(=O)CCc1cccc(Br)c1)S(=O)(=O)c1ccc(F)cc1.CC(C)N(CC(=O)CCc1cccc(C2CC2)c1)S(=O)(=O)c1ccc(F)cc1.CC(C)N(CC(=O)O)S(=O)(=O)c1ccc(F)cc1.NCc1cccc(Br)c1.OB(O)C1CC1. The standard InChI is InChI=1S/C22H26FNO3S.C19H21BrFNO3S.C11H14FNO4S.C7H8BrN.C3H7BO2/c1-16(2)24(28(26,27)22-12-9-20(23)10-13-22)15-21(25)11-6-17-4-3-5-19(14-17)18-7-8-18;1-14(2)22(26(24,25)19-10-7-17(21)8-11-19)13-18(23)9-6-15-4-3-5-16(20)12-15;1-8(2)13(7-11(14)15)18(16,17)10-5-3-9(12)4-6-10;8-7-3-1-2-6(4-7)5-9;5-4(6)3-1-2-3/h3-5,9-10,12-14,16,18H,6-8,11,15H2,1-2H3;3-5,7-8,10-12,14H,6,9,13H2,1-2H3;3-6,8H,7H2,1-2H3,(H,14,15);1-4H,5,9H2;3,5-6H,1-2H2. The van der Waals surface area contributed by atoms with Gasteiger partial charge < -0.3 is 20.9 Å². The normalized spacial score (nSPS) is 13.2. The van der Waals surface area contributed by atoms with Gasteiger partial charge in [-0.2, -0.15) is 12.9 Å². The number of carboxylic acid groups (broad SMARTS) is 1. The van der Waals surface area contributed by atoms with E-state index in [-0.39, 0.29) is 70.1 Å². The highest BCUT2D eigenvalue weighted by molar-refractivity contribution is 9.10. The number of Topliss-reactive ketones (excluding diaryl/α,β-unsaturated/α-hetero) is 2. The maximum Gasteiger partial charge on any atom is 0.454 e. The summed E-state index contributed by atoms with van der Waals surface area (Å²) >= 11 is 6.73. The minimum atomic E-state index is -3.93. The van der Waals surface area contributed by atoms with Gasteiger partial charge in [-0.3, -0.25) is 14.4 Å². The van der Waals surface area contributed by atoms with Gasteiger partial charge in [0, 0.05) is 46.5 Å². The Morgan fingerprint density at radius 3 is 1.14 bits per heavy atom. The van der Waals surface area contributed by atoms with E-state index in [2.05, 4.69) is 44.0 Å². The number of carbonyl (C=O) groups is 3. The second-order valence-electron chi connectivity index (χ2n) is 21.5. The van der Waals surface area contributed by atoms with Crippen LogP contribution in [0.4, 0.5) is 13.2 Å². The van der Waals surface area contributed by atoms with E-state index >= 15 is 0 Å². The minimum absolute atomic E-state index is 0.00691. The van der Waals surface area contributed by atoms with E-state index in [1.165, 1.54) is 47.0 Å². The van der Waals surface area contributed by atoms with Gasteiger partial charge in [-0.1, -0.05) is 93.2 Å². The molecule has 6 aromatic rings. The number of hydrogen-bond acceptors (Lipinski definition) is 12. The zero-order valence-corrected chi connectivity index (χ0v) is 55.0. The maximum absolute atomic E-state index is 13.1. The van der Waals surface area contributed by atoms with Crippen molar-refractivity contribution in [1.29, 1.82) is 0 Å². The number of nitrogens with two attached hydrogens (primary N) is 1. The second kappa shape index (κ2) is 35.1. The van der Waals surface area contributed by atoms with Crippen molar-refractivity contribution in [2.45, 2.75) is 144 Å². The number of rotatable bonds is 24. The molecule has 2 aliphatic carbocycles. The lowest BCUT2D eigenvalue weighted by atomic mass is 9.84. The first-order valence-electron chi connectivity index (χ1n) is 28.1. The van der Waals surface area contributed by atoms with Gasteiger partial charge in [-0.15, -0.1) is 0 Å². The number of aliphatic carboxylic acids is 1. The molecule has 0 radical (unpaired) electrons. The summed E-state index contributed by atoms with van der Waals surface area (Å²) in [6, 6.07) is 36.2. The molecule has 0 heterocycles. The average Bonchev–Trinajstić information content (AvgIpc) is 2.96. The fourth-order valence-electron chi connectivity index (χ4n) is 8.24. The van der Waals surface area contributed by atoms with Gasteiger partial charge in [-0.05, 0) is 198 Å². The molecule has 25 heteroatoms. The monoisotopic (exact) mass is 1390 g/mol. The van der Waals surface area contributed by atoms with E-state index in [1.54, 1.807) is 41.5 Å². The van der Waals surface area contributed by atoms with Crippen molar-refractivity contribution < 1.29 is 68.0 Å². The molecular formula is C62H76BBr2F3N4O12S3. The molecule has 0 saturated heterocycles. The number of ketones is 2. The lowest BCUT2D eigenvalue weighted by molar-refractivity contribution is -0.137. The molecule has 8 rings (SSSR count). The Hall–Kier alpha value is -5.45. The van der Waals surface area contributed by atoms with E-state index in [0.29, 0.717) is 25.3 Å². The lowest BCUT2D eigenvalue weighted by Crippen LogP contribution is -2.40. The summed E-state index contributed by atoms with van der Waals surface area (Å²) in [5, 5.41) is 25.2. The summed E-state index contributed by atoms with van der Waals surface area (Å²) in [4.78, 5) is 35.4. The Bertz CT molecular complexity index is 3530. The van der Waals surface area contributed by atoms with Crippen molar-refractivity contribution in [3.8, 4) is 0 Å². The summed E-state index contributed by atoms with van der Waals surface area (Å²) in [5.74, 6) is -2.22. The summed E-state index contributed by atoms with van der Waals surface area (Å²) in [7, 11) is -12.7. The number of aryl methyl sites for hydroxylation is 2. The van der Waals surface area contributed by atoms with Gasteiger partial charge in [0.05, 0.1) is 27.8 Å².